The van der Waals surface area contributed by atoms with Crippen LogP contribution in [0.2, 0.25) is 0 Å². The van der Waals surface area contributed by atoms with Gasteiger partial charge in [-0.25, -0.2) is 8.78 Å². The second-order valence-corrected chi connectivity index (χ2v) is 6.17. The number of thioether (sulfide) groups is 1. The van der Waals surface area contributed by atoms with Gasteiger partial charge in [0, 0.05) is 9.37 Å². The van der Waals surface area contributed by atoms with Crippen LogP contribution in [-0.4, -0.2) is 11.5 Å². The zero-order valence-corrected chi connectivity index (χ0v) is 12.2. The van der Waals surface area contributed by atoms with Crippen molar-refractivity contribution in [2.45, 2.75) is 4.90 Å². The molecule has 0 atom stereocenters. The minimum absolute atomic E-state index is 0.0828. The monoisotopic (exact) mass is 348 g/mol. The van der Waals surface area contributed by atoms with Gasteiger partial charge in [0.15, 0.2) is 5.78 Å². The number of halogens is 3. The molecule has 1 aromatic carbocycles. The maximum atomic E-state index is 13.3. The van der Waals surface area contributed by atoms with Crippen LogP contribution in [0.15, 0.2) is 39.0 Å². The summed E-state index contributed by atoms with van der Waals surface area (Å²) in [7, 11) is 0. The maximum Gasteiger partial charge on any atom is 0.184 e. The Morgan fingerprint density at radius 2 is 2.11 bits per heavy atom. The Morgan fingerprint density at radius 3 is 2.78 bits per heavy atom. The summed E-state index contributed by atoms with van der Waals surface area (Å²) in [5, 5.41) is 1.80. The molecule has 0 radical (unpaired) electrons. The Kier molecular flexibility index (Phi) is 4.53. The Bertz CT molecular complexity index is 583. The maximum absolute atomic E-state index is 13.3. The topological polar surface area (TPSA) is 17.1 Å². The van der Waals surface area contributed by atoms with Gasteiger partial charge in [-0.05, 0) is 45.6 Å². The number of carbonyl (C=O) groups is 1. The van der Waals surface area contributed by atoms with E-state index < -0.39 is 11.6 Å². The van der Waals surface area contributed by atoms with Gasteiger partial charge in [-0.2, -0.15) is 0 Å². The molecule has 1 aromatic heterocycles. The number of hydrogen-bond donors (Lipinski definition) is 0. The fourth-order valence-electron chi connectivity index (χ4n) is 1.29. The van der Waals surface area contributed by atoms with Crippen LogP contribution in [0.4, 0.5) is 8.78 Å². The first-order chi connectivity index (χ1) is 8.58. The molecule has 0 fully saturated rings. The Hall–Kier alpha value is -0.720. The number of ketones is 1. The predicted molar refractivity (Wildman–Crippen MR) is 73.4 cm³/mol. The van der Waals surface area contributed by atoms with Crippen molar-refractivity contribution in [2.75, 3.05) is 5.75 Å². The lowest BCUT2D eigenvalue weighted by molar-refractivity contribution is 0.102. The van der Waals surface area contributed by atoms with E-state index in [-0.39, 0.29) is 16.4 Å². The van der Waals surface area contributed by atoms with Crippen molar-refractivity contribution in [1.82, 2.24) is 0 Å². The number of benzene rings is 1. The summed E-state index contributed by atoms with van der Waals surface area (Å²) < 4.78 is 27.0. The lowest BCUT2D eigenvalue weighted by Crippen LogP contribution is -2.00. The average molecular weight is 349 g/mol. The van der Waals surface area contributed by atoms with E-state index in [9.17, 15) is 13.6 Å². The van der Waals surface area contributed by atoms with Crippen LogP contribution in [-0.2, 0) is 0 Å². The SMILES string of the molecule is O=C(CSc1cc(F)ccc1F)c1sccc1Br. The van der Waals surface area contributed by atoms with E-state index >= 15 is 0 Å². The summed E-state index contributed by atoms with van der Waals surface area (Å²) in [6.45, 7) is 0. The van der Waals surface area contributed by atoms with Gasteiger partial charge in [0.05, 0.1) is 10.6 Å². The summed E-state index contributed by atoms with van der Waals surface area (Å²) in [6, 6.07) is 4.99. The van der Waals surface area contributed by atoms with Crippen LogP contribution in [0.25, 0.3) is 0 Å². The summed E-state index contributed by atoms with van der Waals surface area (Å²) in [5.74, 6) is -1.05. The third kappa shape index (κ3) is 3.18. The lowest BCUT2D eigenvalue weighted by atomic mass is 10.3. The molecule has 0 aliphatic rings. The number of carbonyl (C=O) groups excluding carboxylic acids is 1. The second kappa shape index (κ2) is 5.95. The van der Waals surface area contributed by atoms with Gasteiger partial charge in [0.2, 0.25) is 0 Å². The molecular formula is C12H7BrF2OS2. The molecule has 0 aliphatic heterocycles. The first kappa shape index (κ1) is 13.7. The van der Waals surface area contributed by atoms with Gasteiger partial charge < -0.3 is 0 Å². The number of hydrogen-bond acceptors (Lipinski definition) is 3. The van der Waals surface area contributed by atoms with Crippen molar-refractivity contribution in [3.63, 3.8) is 0 Å². The van der Waals surface area contributed by atoms with Gasteiger partial charge in [0.25, 0.3) is 0 Å². The van der Waals surface area contributed by atoms with Crippen molar-refractivity contribution in [3.05, 3.63) is 50.6 Å². The average Bonchev–Trinajstić information content (AvgIpc) is 2.76. The largest absolute Gasteiger partial charge is 0.292 e. The highest BCUT2D eigenvalue weighted by molar-refractivity contribution is 9.10. The summed E-state index contributed by atoms with van der Waals surface area (Å²) in [4.78, 5) is 12.6. The van der Waals surface area contributed by atoms with Crippen molar-refractivity contribution < 1.29 is 13.6 Å². The van der Waals surface area contributed by atoms with Crippen molar-refractivity contribution in [3.8, 4) is 0 Å². The Labute approximate surface area is 119 Å². The molecule has 0 unspecified atom stereocenters. The quantitative estimate of drug-likeness (QED) is 0.585. The predicted octanol–water partition coefficient (Wildman–Crippen LogP) is 4.76. The number of Topliss-reactive ketones (excluding diaryl/α,β-unsaturated/α-hetero) is 1. The highest BCUT2D eigenvalue weighted by atomic mass is 79.9. The minimum Gasteiger partial charge on any atom is -0.292 e. The Morgan fingerprint density at radius 1 is 1.33 bits per heavy atom. The molecule has 0 spiro atoms. The van der Waals surface area contributed by atoms with Gasteiger partial charge in [0.1, 0.15) is 11.6 Å². The lowest BCUT2D eigenvalue weighted by Gasteiger charge is -2.02. The molecule has 0 saturated heterocycles. The molecule has 0 bridgehead atoms. The summed E-state index contributed by atoms with van der Waals surface area (Å²) >= 11 is 5.59. The molecule has 2 aromatic rings. The van der Waals surface area contributed by atoms with Crippen LogP contribution < -0.4 is 0 Å². The van der Waals surface area contributed by atoms with Crippen LogP contribution >= 0.6 is 39.0 Å². The second-order valence-electron chi connectivity index (χ2n) is 3.38. The fourth-order valence-corrected chi connectivity index (χ4v) is 3.75. The summed E-state index contributed by atoms with van der Waals surface area (Å²) in [6.07, 6.45) is 0. The first-order valence-electron chi connectivity index (χ1n) is 4.92. The van der Waals surface area contributed by atoms with E-state index in [1.165, 1.54) is 11.3 Å². The molecular weight excluding hydrogens is 342 g/mol. The van der Waals surface area contributed by atoms with E-state index in [0.29, 0.717) is 4.88 Å². The highest BCUT2D eigenvalue weighted by Crippen LogP contribution is 2.27. The van der Waals surface area contributed by atoms with Crippen molar-refractivity contribution in [2.24, 2.45) is 0 Å². The van der Waals surface area contributed by atoms with Gasteiger partial charge in [-0.3, -0.25) is 4.79 Å². The van der Waals surface area contributed by atoms with E-state index in [2.05, 4.69) is 15.9 Å². The molecule has 18 heavy (non-hydrogen) atoms. The summed E-state index contributed by atoms with van der Waals surface area (Å²) in [5.41, 5.74) is 0. The molecule has 2 rings (SSSR count). The van der Waals surface area contributed by atoms with E-state index in [4.69, 9.17) is 0 Å². The molecule has 94 valence electrons. The van der Waals surface area contributed by atoms with Gasteiger partial charge in [-0.1, -0.05) is 0 Å². The number of rotatable bonds is 4. The van der Waals surface area contributed by atoms with Crippen LogP contribution in [0, 0.1) is 11.6 Å². The fraction of sp³-hybridized carbons (Fsp3) is 0.0833. The van der Waals surface area contributed by atoms with Crippen LogP contribution in [0.5, 0.6) is 0 Å². The Balaban J connectivity index is 2.06. The molecule has 0 aliphatic carbocycles. The van der Waals surface area contributed by atoms with Crippen molar-refractivity contribution in [1.29, 1.82) is 0 Å². The first-order valence-corrected chi connectivity index (χ1v) is 7.58. The van der Waals surface area contributed by atoms with Gasteiger partial charge >= 0.3 is 0 Å². The standard InChI is InChI=1S/C12H7BrF2OS2/c13-8-3-4-17-12(8)10(16)6-18-11-5-7(14)1-2-9(11)15/h1-5H,6H2. The third-order valence-electron chi connectivity index (χ3n) is 2.12. The van der Waals surface area contributed by atoms with Crippen LogP contribution in [0.3, 0.4) is 0 Å². The van der Waals surface area contributed by atoms with E-state index in [1.54, 1.807) is 11.4 Å². The normalized spacial score (nSPS) is 10.6. The van der Waals surface area contributed by atoms with E-state index in [1.807, 2.05) is 0 Å². The zero-order valence-electron chi connectivity index (χ0n) is 8.95. The number of thiophene rings is 1. The smallest absolute Gasteiger partial charge is 0.184 e. The third-order valence-corrected chi connectivity index (χ3v) is 5.03. The van der Waals surface area contributed by atoms with Crippen molar-refractivity contribution >= 4 is 44.8 Å². The molecule has 0 N–H and O–H groups in total. The molecule has 1 nitrogen and oxygen atoms in total. The molecule has 0 saturated carbocycles. The molecule has 6 heteroatoms. The zero-order chi connectivity index (χ0) is 13.1. The molecule has 1 heterocycles. The van der Waals surface area contributed by atoms with E-state index in [0.717, 1.165) is 34.4 Å². The molecule has 0 amide bonds. The minimum atomic E-state index is -0.514. The van der Waals surface area contributed by atoms with Crippen LogP contribution in [0.1, 0.15) is 9.67 Å². The van der Waals surface area contributed by atoms with Gasteiger partial charge in [-0.15, -0.1) is 23.1 Å². The highest BCUT2D eigenvalue weighted by Gasteiger charge is 2.13.